The zero-order valence-electron chi connectivity index (χ0n) is 13.7. The number of hydrogen-bond acceptors (Lipinski definition) is 5. The summed E-state index contributed by atoms with van der Waals surface area (Å²) >= 11 is 0. The van der Waals surface area contributed by atoms with E-state index in [1.807, 2.05) is 31.0 Å². The van der Waals surface area contributed by atoms with Crippen molar-refractivity contribution >= 4 is 17.5 Å². The second-order valence-corrected chi connectivity index (χ2v) is 5.98. The zero-order chi connectivity index (χ0) is 16.7. The van der Waals surface area contributed by atoms with Crippen LogP contribution in [0.15, 0.2) is 30.0 Å². The summed E-state index contributed by atoms with van der Waals surface area (Å²) in [7, 11) is 1.64. The van der Waals surface area contributed by atoms with Crippen molar-refractivity contribution in [3.05, 3.63) is 41.1 Å². The third-order valence-electron chi connectivity index (χ3n) is 4.20. The zero-order valence-corrected chi connectivity index (χ0v) is 13.7. The molecule has 3 N–H and O–H groups in total. The van der Waals surface area contributed by atoms with Gasteiger partial charge in [-0.3, -0.25) is 19.9 Å². The smallest absolute Gasteiger partial charge is 0.254 e. The molecule has 7 nitrogen and oxygen atoms in total. The number of anilines is 1. The SMILES string of the molecule is CC(=O)N(C)C1NC(=O)C2=CN(c3ccc(C)cc3C)NC2N1. The first-order valence-corrected chi connectivity index (χ1v) is 7.51. The van der Waals surface area contributed by atoms with Crippen LogP contribution >= 0.6 is 0 Å². The third-order valence-corrected chi connectivity index (χ3v) is 4.20. The van der Waals surface area contributed by atoms with Crippen molar-refractivity contribution in [2.75, 3.05) is 12.1 Å². The Labute approximate surface area is 135 Å². The van der Waals surface area contributed by atoms with Crippen LogP contribution in [0.4, 0.5) is 5.69 Å². The van der Waals surface area contributed by atoms with Gasteiger partial charge < -0.3 is 10.2 Å². The highest BCUT2D eigenvalue weighted by atomic mass is 16.2. The summed E-state index contributed by atoms with van der Waals surface area (Å²) in [5, 5.41) is 7.84. The van der Waals surface area contributed by atoms with Crippen LogP contribution in [0.5, 0.6) is 0 Å². The van der Waals surface area contributed by atoms with Crippen molar-refractivity contribution in [3.8, 4) is 0 Å². The first-order chi connectivity index (χ1) is 10.9. The van der Waals surface area contributed by atoms with Gasteiger partial charge in [0.15, 0.2) is 6.29 Å². The van der Waals surface area contributed by atoms with Crippen LogP contribution in [0.1, 0.15) is 18.1 Å². The number of hydrogen-bond donors (Lipinski definition) is 3. The predicted octanol–water partition coefficient (Wildman–Crippen LogP) is 0.319. The van der Waals surface area contributed by atoms with Crippen LogP contribution in [-0.2, 0) is 9.59 Å². The van der Waals surface area contributed by atoms with Crippen molar-refractivity contribution < 1.29 is 9.59 Å². The fourth-order valence-electron chi connectivity index (χ4n) is 2.79. The Bertz CT molecular complexity index is 700. The molecule has 0 aliphatic carbocycles. The van der Waals surface area contributed by atoms with Crippen molar-refractivity contribution in [1.82, 2.24) is 21.0 Å². The molecular weight excluding hydrogens is 294 g/mol. The number of carbonyl (C=O) groups is 2. The molecule has 0 aromatic heterocycles. The van der Waals surface area contributed by atoms with E-state index < -0.39 is 6.29 Å². The van der Waals surface area contributed by atoms with Crippen LogP contribution in [0.3, 0.4) is 0 Å². The predicted molar refractivity (Wildman–Crippen MR) is 86.9 cm³/mol. The summed E-state index contributed by atoms with van der Waals surface area (Å²) in [5.41, 5.74) is 7.15. The summed E-state index contributed by atoms with van der Waals surface area (Å²) in [6.07, 6.45) is 0.916. The van der Waals surface area contributed by atoms with E-state index >= 15 is 0 Å². The maximum atomic E-state index is 12.3. The highest BCUT2D eigenvalue weighted by molar-refractivity contribution is 5.97. The van der Waals surface area contributed by atoms with Gasteiger partial charge in [0.25, 0.3) is 5.91 Å². The summed E-state index contributed by atoms with van der Waals surface area (Å²) in [5.74, 6) is -0.314. The monoisotopic (exact) mass is 315 g/mol. The number of fused-ring (bicyclic) bond motifs is 1. The molecule has 0 bridgehead atoms. The van der Waals surface area contributed by atoms with Gasteiger partial charge in [-0.15, -0.1) is 0 Å². The Balaban J connectivity index is 1.82. The van der Waals surface area contributed by atoms with Gasteiger partial charge in [0.05, 0.1) is 11.3 Å². The molecule has 2 unspecified atom stereocenters. The van der Waals surface area contributed by atoms with E-state index in [-0.39, 0.29) is 18.0 Å². The number of rotatable bonds is 2. The van der Waals surface area contributed by atoms with Gasteiger partial charge >= 0.3 is 0 Å². The van der Waals surface area contributed by atoms with Crippen LogP contribution in [0, 0.1) is 13.8 Å². The molecule has 3 rings (SSSR count). The number of carbonyl (C=O) groups excluding carboxylic acids is 2. The summed E-state index contributed by atoms with van der Waals surface area (Å²) in [6, 6.07) is 6.14. The number of amides is 2. The summed E-state index contributed by atoms with van der Waals surface area (Å²) in [6.45, 7) is 5.54. The molecular formula is C16H21N5O2. The van der Waals surface area contributed by atoms with Gasteiger partial charge in [-0.05, 0) is 25.5 Å². The molecule has 2 atom stereocenters. The lowest BCUT2D eigenvalue weighted by Gasteiger charge is -2.36. The maximum absolute atomic E-state index is 12.3. The van der Waals surface area contributed by atoms with Crippen molar-refractivity contribution in [2.45, 2.75) is 33.2 Å². The van der Waals surface area contributed by atoms with Gasteiger partial charge in [-0.1, -0.05) is 17.7 Å². The van der Waals surface area contributed by atoms with Crippen LogP contribution in [0.25, 0.3) is 0 Å². The molecule has 23 heavy (non-hydrogen) atoms. The van der Waals surface area contributed by atoms with Gasteiger partial charge in [0, 0.05) is 20.2 Å². The van der Waals surface area contributed by atoms with Crippen molar-refractivity contribution in [1.29, 1.82) is 0 Å². The molecule has 1 saturated heterocycles. The highest BCUT2D eigenvalue weighted by Gasteiger charge is 2.38. The molecule has 2 aliphatic rings. The molecule has 7 heteroatoms. The molecule has 1 aromatic carbocycles. The van der Waals surface area contributed by atoms with Gasteiger partial charge in [-0.2, -0.15) is 0 Å². The maximum Gasteiger partial charge on any atom is 0.254 e. The van der Waals surface area contributed by atoms with Gasteiger partial charge in [0.1, 0.15) is 6.17 Å². The lowest BCUT2D eigenvalue weighted by molar-refractivity contribution is -0.133. The third kappa shape index (κ3) is 2.80. The van der Waals surface area contributed by atoms with E-state index in [4.69, 9.17) is 0 Å². The van der Waals surface area contributed by atoms with Crippen LogP contribution < -0.4 is 21.1 Å². The molecule has 2 aliphatic heterocycles. The molecule has 1 fully saturated rings. The second-order valence-electron chi connectivity index (χ2n) is 5.98. The minimum Gasteiger partial charge on any atom is -0.319 e. The largest absolute Gasteiger partial charge is 0.319 e. The molecule has 0 saturated carbocycles. The number of benzene rings is 1. The van der Waals surface area contributed by atoms with E-state index in [1.54, 1.807) is 13.2 Å². The minimum atomic E-state index is -0.534. The van der Waals surface area contributed by atoms with E-state index in [9.17, 15) is 9.59 Å². The fraction of sp³-hybridized carbons (Fsp3) is 0.375. The Hall–Kier alpha value is -2.38. The van der Waals surface area contributed by atoms with E-state index in [0.29, 0.717) is 5.57 Å². The average molecular weight is 315 g/mol. The normalized spacial score (nSPS) is 23.2. The Kier molecular flexibility index (Phi) is 3.83. The second kappa shape index (κ2) is 5.68. The standard InChI is InChI=1S/C16H21N5O2/c1-9-5-6-13(10(2)7-9)21-8-12-14(19-21)17-16(18-15(12)23)20(4)11(3)22/h5-8,14,16-17,19H,1-4H3,(H,18,23). The molecule has 0 radical (unpaired) electrons. The number of nitrogens with zero attached hydrogens (tertiary/aromatic N) is 2. The number of aryl methyl sites for hydroxylation is 2. The topological polar surface area (TPSA) is 76.7 Å². The van der Waals surface area contributed by atoms with Crippen LogP contribution in [-0.4, -0.2) is 36.2 Å². The summed E-state index contributed by atoms with van der Waals surface area (Å²) in [4.78, 5) is 25.3. The quantitative estimate of drug-likeness (QED) is 0.733. The molecule has 2 amide bonds. The van der Waals surface area contributed by atoms with Gasteiger partial charge in [0.2, 0.25) is 5.91 Å². The molecule has 1 aromatic rings. The molecule has 0 spiro atoms. The number of hydrazine groups is 1. The Morgan fingerprint density at radius 1 is 1.30 bits per heavy atom. The summed E-state index contributed by atoms with van der Waals surface area (Å²) < 4.78 is 0. The lowest BCUT2D eigenvalue weighted by Crippen LogP contribution is -2.67. The minimum absolute atomic E-state index is 0.125. The Morgan fingerprint density at radius 3 is 2.70 bits per heavy atom. The first-order valence-electron chi connectivity index (χ1n) is 7.51. The average Bonchev–Trinajstić information content (AvgIpc) is 2.90. The van der Waals surface area contributed by atoms with Crippen LogP contribution in [0.2, 0.25) is 0 Å². The molecule has 122 valence electrons. The molecule has 2 heterocycles. The van der Waals surface area contributed by atoms with Crippen molar-refractivity contribution in [3.63, 3.8) is 0 Å². The lowest BCUT2D eigenvalue weighted by atomic mass is 10.1. The fourth-order valence-corrected chi connectivity index (χ4v) is 2.79. The van der Waals surface area contributed by atoms with E-state index in [1.165, 1.54) is 17.4 Å². The number of nitrogens with one attached hydrogen (secondary N) is 3. The Morgan fingerprint density at radius 2 is 2.04 bits per heavy atom. The highest BCUT2D eigenvalue weighted by Crippen LogP contribution is 2.25. The first kappa shape index (κ1) is 15.5. The van der Waals surface area contributed by atoms with Gasteiger partial charge in [-0.25, -0.2) is 5.43 Å². The van der Waals surface area contributed by atoms with E-state index in [2.05, 4.69) is 22.1 Å². The van der Waals surface area contributed by atoms with Crippen molar-refractivity contribution in [2.24, 2.45) is 0 Å². The van der Waals surface area contributed by atoms with E-state index in [0.717, 1.165) is 11.3 Å².